The highest BCUT2D eigenvalue weighted by molar-refractivity contribution is 8.93. The van der Waals surface area contributed by atoms with Crippen molar-refractivity contribution < 1.29 is 0 Å². The van der Waals surface area contributed by atoms with Crippen LogP contribution in [-0.2, 0) is 0 Å². The first-order valence-electron chi connectivity index (χ1n) is 5.12. The Balaban J connectivity index is 0.00000144. The van der Waals surface area contributed by atoms with Crippen LogP contribution in [-0.4, -0.2) is 39.3 Å². The smallest absolute Gasteiger partial charge is 0.00368 e. The lowest BCUT2D eigenvalue weighted by atomic mass is 10.3. The lowest BCUT2D eigenvalue weighted by Gasteiger charge is -2.09. The van der Waals surface area contributed by atoms with Gasteiger partial charge in [-0.05, 0) is 58.5 Å². The van der Waals surface area contributed by atoms with Crippen molar-refractivity contribution in [1.82, 2.24) is 16.0 Å². The Kier molecular flexibility index (Phi) is 10.7. The van der Waals surface area contributed by atoms with E-state index in [1.807, 2.05) is 0 Å². The maximum absolute atomic E-state index is 3.42. The molecular formula is C9H22BrN3. The SMILES string of the molecule is Br.C1CNCCCNCCCNC1. The standard InChI is InChI=1S/C9H21N3.BrH/c1-4-10-6-2-8-12-9-3-7-11-5-1;/h10-12H,1-9H2;1H. The predicted molar refractivity (Wildman–Crippen MR) is 62.8 cm³/mol. The Labute approximate surface area is 91.8 Å². The van der Waals surface area contributed by atoms with Gasteiger partial charge < -0.3 is 16.0 Å². The summed E-state index contributed by atoms with van der Waals surface area (Å²) in [5, 5.41) is 10.3. The molecule has 0 aromatic rings. The van der Waals surface area contributed by atoms with Crippen LogP contribution in [0.3, 0.4) is 0 Å². The summed E-state index contributed by atoms with van der Waals surface area (Å²) in [7, 11) is 0. The van der Waals surface area contributed by atoms with E-state index >= 15 is 0 Å². The second kappa shape index (κ2) is 10.4. The summed E-state index contributed by atoms with van der Waals surface area (Å²) in [6.45, 7) is 6.96. The van der Waals surface area contributed by atoms with Gasteiger partial charge in [0.25, 0.3) is 0 Å². The van der Waals surface area contributed by atoms with E-state index in [0.29, 0.717) is 0 Å². The van der Waals surface area contributed by atoms with E-state index in [9.17, 15) is 0 Å². The second-order valence-electron chi connectivity index (χ2n) is 3.31. The highest BCUT2D eigenvalue weighted by atomic mass is 79.9. The number of hydrogen-bond donors (Lipinski definition) is 3. The largest absolute Gasteiger partial charge is 0.317 e. The van der Waals surface area contributed by atoms with Gasteiger partial charge in [0, 0.05) is 0 Å². The molecule has 0 aromatic heterocycles. The lowest BCUT2D eigenvalue weighted by molar-refractivity contribution is 0.527. The zero-order valence-corrected chi connectivity index (χ0v) is 9.99. The van der Waals surface area contributed by atoms with E-state index < -0.39 is 0 Å². The molecule has 0 saturated carbocycles. The summed E-state index contributed by atoms with van der Waals surface area (Å²) in [4.78, 5) is 0. The van der Waals surface area contributed by atoms with Gasteiger partial charge in [-0.2, -0.15) is 0 Å². The van der Waals surface area contributed by atoms with E-state index in [0.717, 1.165) is 39.3 Å². The van der Waals surface area contributed by atoms with Crippen LogP contribution in [0.2, 0.25) is 0 Å². The van der Waals surface area contributed by atoms with Crippen molar-refractivity contribution in [3.63, 3.8) is 0 Å². The number of rotatable bonds is 0. The molecule has 0 bridgehead atoms. The van der Waals surface area contributed by atoms with Gasteiger partial charge in [-0.3, -0.25) is 0 Å². The molecule has 1 heterocycles. The number of halogens is 1. The van der Waals surface area contributed by atoms with Crippen LogP contribution in [0.4, 0.5) is 0 Å². The van der Waals surface area contributed by atoms with E-state index in [-0.39, 0.29) is 17.0 Å². The quantitative estimate of drug-likeness (QED) is 0.588. The van der Waals surface area contributed by atoms with Gasteiger partial charge in [0.1, 0.15) is 0 Å². The molecule has 13 heavy (non-hydrogen) atoms. The van der Waals surface area contributed by atoms with Gasteiger partial charge >= 0.3 is 0 Å². The zero-order chi connectivity index (χ0) is 8.49. The molecule has 1 rings (SSSR count). The maximum Gasteiger partial charge on any atom is -0.00368 e. The minimum atomic E-state index is 0. The summed E-state index contributed by atoms with van der Waals surface area (Å²) in [5.41, 5.74) is 0. The van der Waals surface area contributed by atoms with Crippen LogP contribution >= 0.6 is 17.0 Å². The van der Waals surface area contributed by atoms with Crippen LogP contribution in [0.25, 0.3) is 0 Å². The van der Waals surface area contributed by atoms with Crippen molar-refractivity contribution in [2.75, 3.05) is 39.3 Å². The fraction of sp³-hybridized carbons (Fsp3) is 1.00. The molecule has 1 fully saturated rings. The zero-order valence-electron chi connectivity index (χ0n) is 8.27. The molecular weight excluding hydrogens is 230 g/mol. The van der Waals surface area contributed by atoms with Crippen LogP contribution in [0.5, 0.6) is 0 Å². The van der Waals surface area contributed by atoms with Gasteiger partial charge in [0.05, 0.1) is 0 Å². The molecule has 0 atom stereocenters. The van der Waals surface area contributed by atoms with Crippen LogP contribution in [0.1, 0.15) is 19.3 Å². The topological polar surface area (TPSA) is 36.1 Å². The molecule has 0 amide bonds. The average Bonchev–Trinajstić information content (AvgIpc) is 2.05. The number of hydrogen-bond acceptors (Lipinski definition) is 3. The van der Waals surface area contributed by atoms with E-state index in [4.69, 9.17) is 0 Å². The third-order valence-corrected chi connectivity index (χ3v) is 2.12. The molecule has 1 aliphatic heterocycles. The van der Waals surface area contributed by atoms with Crippen LogP contribution in [0.15, 0.2) is 0 Å². The van der Waals surface area contributed by atoms with Gasteiger partial charge in [0.2, 0.25) is 0 Å². The Morgan fingerprint density at radius 3 is 0.923 bits per heavy atom. The van der Waals surface area contributed by atoms with Gasteiger partial charge in [-0.15, -0.1) is 17.0 Å². The van der Waals surface area contributed by atoms with E-state index in [1.54, 1.807) is 0 Å². The summed E-state index contributed by atoms with van der Waals surface area (Å²) in [6.07, 6.45) is 3.77. The van der Waals surface area contributed by atoms with Crippen LogP contribution < -0.4 is 16.0 Å². The first-order valence-corrected chi connectivity index (χ1v) is 5.12. The van der Waals surface area contributed by atoms with Crippen LogP contribution in [0, 0.1) is 0 Å². The summed E-state index contributed by atoms with van der Waals surface area (Å²) < 4.78 is 0. The molecule has 80 valence electrons. The molecule has 0 aliphatic carbocycles. The van der Waals surface area contributed by atoms with Crippen molar-refractivity contribution in [3.8, 4) is 0 Å². The third-order valence-electron chi connectivity index (χ3n) is 2.12. The molecule has 1 saturated heterocycles. The normalized spacial score (nSPS) is 22.2. The summed E-state index contributed by atoms with van der Waals surface area (Å²) >= 11 is 0. The molecule has 4 heteroatoms. The molecule has 3 nitrogen and oxygen atoms in total. The van der Waals surface area contributed by atoms with Gasteiger partial charge in [0.15, 0.2) is 0 Å². The second-order valence-corrected chi connectivity index (χ2v) is 3.31. The minimum Gasteiger partial charge on any atom is -0.317 e. The maximum atomic E-state index is 3.42. The van der Waals surface area contributed by atoms with Crippen molar-refractivity contribution in [1.29, 1.82) is 0 Å². The van der Waals surface area contributed by atoms with E-state index in [2.05, 4.69) is 16.0 Å². The molecule has 3 N–H and O–H groups in total. The van der Waals surface area contributed by atoms with Crippen molar-refractivity contribution in [3.05, 3.63) is 0 Å². The minimum absolute atomic E-state index is 0. The van der Waals surface area contributed by atoms with Gasteiger partial charge in [-0.1, -0.05) is 0 Å². The van der Waals surface area contributed by atoms with Gasteiger partial charge in [-0.25, -0.2) is 0 Å². The average molecular weight is 252 g/mol. The Morgan fingerprint density at radius 1 is 0.462 bits per heavy atom. The molecule has 0 radical (unpaired) electrons. The first kappa shape index (κ1) is 13.4. The molecule has 0 spiro atoms. The fourth-order valence-electron chi connectivity index (χ4n) is 1.39. The Morgan fingerprint density at radius 2 is 0.692 bits per heavy atom. The summed E-state index contributed by atoms with van der Waals surface area (Å²) in [5.74, 6) is 0. The predicted octanol–water partition coefficient (Wildman–Crippen LogP) is 0.517. The monoisotopic (exact) mass is 251 g/mol. The Bertz CT molecular complexity index is 57.8. The first-order chi connectivity index (χ1) is 6.00. The van der Waals surface area contributed by atoms with E-state index in [1.165, 1.54) is 19.3 Å². The third kappa shape index (κ3) is 8.68. The number of nitrogens with one attached hydrogen (secondary N) is 3. The van der Waals surface area contributed by atoms with Crippen molar-refractivity contribution >= 4 is 17.0 Å². The highest BCUT2D eigenvalue weighted by Crippen LogP contribution is 1.81. The molecule has 0 unspecified atom stereocenters. The highest BCUT2D eigenvalue weighted by Gasteiger charge is 1.93. The molecule has 0 aromatic carbocycles. The summed E-state index contributed by atoms with van der Waals surface area (Å²) in [6, 6.07) is 0. The fourth-order valence-corrected chi connectivity index (χ4v) is 1.39. The Hall–Kier alpha value is 0.360. The lowest BCUT2D eigenvalue weighted by Crippen LogP contribution is -2.29. The van der Waals surface area contributed by atoms with Crippen molar-refractivity contribution in [2.24, 2.45) is 0 Å². The van der Waals surface area contributed by atoms with Crippen molar-refractivity contribution in [2.45, 2.75) is 19.3 Å². The molecule has 1 aliphatic rings.